The molecule has 0 fully saturated rings. The van der Waals surface area contributed by atoms with Crippen LogP contribution < -0.4 is 10.2 Å². The van der Waals surface area contributed by atoms with Gasteiger partial charge in [-0.05, 0) is 36.6 Å². The fourth-order valence-electron chi connectivity index (χ4n) is 1.61. The number of benzene rings is 1. The van der Waals surface area contributed by atoms with Gasteiger partial charge in [0.05, 0.1) is 0 Å². The number of aromatic hydroxyl groups is 1. The van der Waals surface area contributed by atoms with Crippen molar-refractivity contribution in [1.82, 2.24) is 5.32 Å². The predicted molar refractivity (Wildman–Crippen MR) is 75.9 cm³/mol. The fourth-order valence-corrected chi connectivity index (χ4v) is 1.61. The van der Waals surface area contributed by atoms with Crippen LogP contribution in [0.3, 0.4) is 0 Å². The Hall–Kier alpha value is -2.24. The van der Waals surface area contributed by atoms with E-state index in [1.54, 1.807) is 0 Å². The molecule has 0 saturated carbocycles. The smallest absolute Gasteiger partial charge is 0.323 e. The normalized spacial score (nSPS) is 10.3. The number of urea groups is 1. The molecule has 6 heteroatoms. The molecule has 0 aliphatic rings. The maximum atomic E-state index is 12.0. The summed E-state index contributed by atoms with van der Waals surface area (Å²) in [6, 6.07) is 5.36. The Balaban J connectivity index is 2.75. The number of hydrogen-bond acceptors (Lipinski definition) is 3. The van der Waals surface area contributed by atoms with Gasteiger partial charge >= 0.3 is 12.0 Å². The minimum absolute atomic E-state index is 0.0595. The first-order valence-corrected chi connectivity index (χ1v) is 6.46. The molecular weight excluding hydrogens is 260 g/mol. The standard InChI is InChI=1S/C14H20N2O4/c1-10(2)7-8-15-14(20)16(9-13(18)19)11-3-5-12(17)6-4-11/h3-6,10,17H,7-9H2,1-2H3,(H,15,20)(H,18,19). The van der Waals surface area contributed by atoms with Crippen molar-refractivity contribution in [3.63, 3.8) is 0 Å². The zero-order valence-electron chi connectivity index (χ0n) is 11.7. The van der Waals surface area contributed by atoms with Crippen molar-refractivity contribution in [2.75, 3.05) is 18.0 Å². The van der Waals surface area contributed by atoms with Crippen LogP contribution in [0.2, 0.25) is 0 Å². The molecule has 3 N–H and O–H groups in total. The van der Waals surface area contributed by atoms with E-state index in [1.807, 2.05) is 13.8 Å². The van der Waals surface area contributed by atoms with Crippen LogP contribution in [0.25, 0.3) is 0 Å². The molecule has 0 unspecified atom stereocenters. The largest absolute Gasteiger partial charge is 0.508 e. The second kappa shape index (κ2) is 7.37. The highest BCUT2D eigenvalue weighted by molar-refractivity contribution is 5.96. The molecule has 1 aromatic carbocycles. The van der Waals surface area contributed by atoms with E-state index in [2.05, 4.69) is 5.32 Å². The Bertz CT molecular complexity index is 457. The lowest BCUT2D eigenvalue weighted by molar-refractivity contribution is -0.135. The van der Waals surface area contributed by atoms with Crippen LogP contribution in [0, 0.1) is 5.92 Å². The summed E-state index contributed by atoms with van der Waals surface area (Å²) >= 11 is 0. The second-order valence-electron chi connectivity index (χ2n) is 4.91. The van der Waals surface area contributed by atoms with E-state index in [4.69, 9.17) is 5.11 Å². The SMILES string of the molecule is CC(C)CCNC(=O)N(CC(=O)O)c1ccc(O)cc1. The molecular formula is C14H20N2O4. The summed E-state index contributed by atoms with van der Waals surface area (Å²) < 4.78 is 0. The number of phenols is 1. The van der Waals surface area contributed by atoms with Crippen molar-refractivity contribution >= 4 is 17.7 Å². The lowest BCUT2D eigenvalue weighted by Crippen LogP contribution is -2.43. The fraction of sp³-hybridized carbons (Fsp3) is 0.429. The highest BCUT2D eigenvalue weighted by Gasteiger charge is 2.18. The summed E-state index contributed by atoms with van der Waals surface area (Å²) in [4.78, 5) is 24.0. The van der Waals surface area contributed by atoms with Gasteiger partial charge in [-0.3, -0.25) is 9.69 Å². The van der Waals surface area contributed by atoms with Crippen molar-refractivity contribution in [2.45, 2.75) is 20.3 Å². The summed E-state index contributed by atoms with van der Waals surface area (Å²) in [5.74, 6) is -0.585. The zero-order valence-corrected chi connectivity index (χ0v) is 11.7. The number of carboxylic acids is 1. The van der Waals surface area contributed by atoms with Gasteiger partial charge in [-0.2, -0.15) is 0 Å². The first kappa shape index (κ1) is 15.8. The number of carboxylic acid groups (broad SMARTS) is 1. The maximum Gasteiger partial charge on any atom is 0.323 e. The Kier molecular flexibility index (Phi) is 5.83. The molecule has 2 amide bonds. The van der Waals surface area contributed by atoms with Crippen LogP contribution in [0.15, 0.2) is 24.3 Å². The number of phenolic OH excluding ortho intramolecular Hbond substituents is 1. The monoisotopic (exact) mass is 280 g/mol. The number of nitrogens with one attached hydrogen (secondary N) is 1. The molecule has 0 spiro atoms. The van der Waals surface area contributed by atoms with Crippen molar-refractivity contribution in [2.24, 2.45) is 5.92 Å². The van der Waals surface area contributed by atoms with Gasteiger partial charge in [0, 0.05) is 12.2 Å². The minimum atomic E-state index is -1.10. The number of hydrogen-bond donors (Lipinski definition) is 3. The molecule has 0 radical (unpaired) electrons. The Morgan fingerprint density at radius 3 is 2.35 bits per heavy atom. The second-order valence-corrected chi connectivity index (χ2v) is 4.91. The van der Waals surface area contributed by atoms with E-state index in [9.17, 15) is 14.7 Å². The third kappa shape index (κ3) is 5.17. The average Bonchev–Trinajstić information content (AvgIpc) is 2.36. The third-order valence-corrected chi connectivity index (χ3v) is 2.70. The first-order chi connectivity index (χ1) is 9.40. The maximum absolute atomic E-state index is 12.0. The van der Waals surface area contributed by atoms with Crippen molar-refractivity contribution in [3.05, 3.63) is 24.3 Å². The molecule has 0 aromatic heterocycles. The van der Waals surface area contributed by atoms with Crippen molar-refractivity contribution in [1.29, 1.82) is 0 Å². The lowest BCUT2D eigenvalue weighted by Gasteiger charge is -2.21. The summed E-state index contributed by atoms with van der Waals surface area (Å²) in [6.07, 6.45) is 0.822. The molecule has 0 aliphatic carbocycles. The molecule has 0 bridgehead atoms. The minimum Gasteiger partial charge on any atom is -0.508 e. The molecule has 1 rings (SSSR count). The average molecular weight is 280 g/mol. The Morgan fingerprint density at radius 1 is 1.25 bits per heavy atom. The Morgan fingerprint density at radius 2 is 1.85 bits per heavy atom. The van der Waals surface area contributed by atoms with Gasteiger partial charge in [-0.1, -0.05) is 13.8 Å². The highest BCUT2D eigenvalue weighted by atomic mass is 16.4. The number of carbonyl (C=O) groups is 2. The van der Waals surface area contributed by atoms with Gasteiger partial charge in [0.25, 0.3) is 0 Å². The molecule has 110 valence electrons. The van der Waals surface area contributed by atoms with E-state index in [-0.39, 0.29) is 5.75 Å². The molecule has 20 heavy (non-hydrogen) atoms. The molecule has 0 heterocycles. The highest BCUT2D eigenvalue weighted by Crippen LogP contribution is 2.18. The molecule has 0 atom stereocenters. The van der Waals surface area contributed by atoms with E-state index in [0.29, 0.717) is 18.2 Å². The van der Waals surface area contributed by atoms with Crippen LogP contribution >= 0.6 is 0 Å². The zero-order chi connectivity index (χ0) is 15.1. The summed E-state index contributed by atoms with van der Waals surface area (Å²) in [5.41, 5.74) is 0.423. The van der Waals surface area contributed by atoms with Gasteiger partial charge in [-0.15, -0.1) is 0 Å². The lowest BCUT2D eigenvalue weighted by atomic mass is 10.1. The van der Waals surface area contributed by atoms with E-state index < -0.39 is 18.5 Å². The number of amides is 2. The molecule has 6 nitrogen and oxygen atoms in total. The van der Waals surface area contributed by atoms with Crippen molar-refractivity contribution in [3.8, 4) is 5.75 Å². The first-order valence-electron chi connectivity index (χ1n) is 6.46. The molecule has 0 saturated heterocycles. The van der Waals surface area contributed by atoms with Gasteiger partial charge < -0.3 is 15.5 Å². The number of nitrogens with zero attached hydrogens (tertiary/aromatic N) is 1. The quantitative estimate of drug-likeness (QED) is 0.743. The predicted octanol–water partition coefficient (Wildman–Crippen LogP) is 2.04. The number of rotatable bonds is 6. The molecule has 0 aliphatic heterocycles. The van der Waals surface area contributed by atoms with Crippen LogP contribution in [0.5, 0.6) is 5.75 Å². The van der Waals surface area contributed by atoms with Crippen LogP contribution in [0.4, 0.5) is 10.5 Å². The molecule has 1 aromatic rings. The number of carbonyl (C=O) groups excluding carboxylic acids is 1. The van der Waals surface area contributed by atoms with Gasteiger partial charge in [0.15, 0.2) is 0 Å². The summed E-state index contributed by atoms with van der Waals surface area (Å²) in [6.45, 7) is 4.14. The van der Waals surface area contributed by atoms with Gasteiger partial charge in [0.1, 0.15) is 12.3 Å². The number of aliphatic carboxylic acids is 1. The van der Waals surface area contributed by atoms with E-state index in [0.717, 1.165) is 11.3 Å². The van der Waals surface area contributed by atoms with Crippen LogP contribution in [-0.4, -0.2) is 35.3 Å². The van der Waals surface area contributed by atoms with E-state index >= 15 is 0 Å². The third-order valence-electron chi connectivity index (χ3n) is 2.70. The van der Waals surface area contributed by atoms with Crippen LogP contribution in [-0.2, 0) is 4.79 Å². The summed E-state index contributed by atoms with van der Waals surface area (Å²) in [7, 11) is 0. The van der Waals surface area contributed by atoms with Gasteiger partial charge in [-0.25, -0.2) is 4.79 Å². The van der Waals surface area contributed by atoms with Crippen molar-refractivity contribution < 1.29 is 19.8 Å². The number of anilines is 1. The summed E-state index contributed by atoms with van der Waals surface area (Å²) in [5, 5.41) is 20.8. The topological polar surface area (TPSA) is 89.9 Å². The van der Waals surface area contributed by atoms with Crippen LogP contribution in [0.1, 0.15) is 20.3 Å². The van der Waals surface area contributed by atoms with Gasteiger partial charge in [0.2, 0.25) is 0 Å². The van der Waals surface area contributed by atoms with E-state index in [1.165, 1.54) is 24.3 Å². The Labute approximate surface area is 118 Å².